The van der Waals surface area contributed by atoms with Gasteiger partial charge in [0, 0.05) is 13.6 Å². The van der Waals surface area contributed by atoms with Crippen molar-refractivity contribution >= 4 is 0 Å². The van der Waals surface area contributed by atoms with Gasteiger partial charge in [-0.2, -0.15) is 5.10 Å². The minimum absolute atomic E-state index is 0.699. The number of aromatic nitrogens is 2. The second kappa shape index (κ2) is 5.05. The molecule has 0 atom stereocenters. The van der Waals surface area contributed by atoms with Crippen molar-refractivity contribution in [3.63, 3.8) is 0 Å². The van der Waals surface area contributed by atoms with Gasteiger partial charge in [-0.25, -0.2) is 4.68 Å². The topological polar surface area (TPSA) is 52.2 Å². The third kappa shape index (κ3) is 2.50. The number of aryl methyl sites for hydroxylation is 2. The molecule has 0 aliphatic carbocycles. The molecule has 0 unspecified atom stereocenters. The van der Waals surface area contributed by atoms with Gasteiger partial charge >= 0.3 is 0 Å². The standard InChI is InChI=1S/C12H17N3O2/c1-9-11(12(16-3)15(2)14-9)8-13-7-10-5-4-6-17-10/h4-6,13H,7-8H2,1-3H3. The number of furan rings is 1. The van der Waals surface area contributed by atoms with E-state index in [1.807, 2.05) is 26.1 Å². The van der Waals surface area contributed by atoms with Gasteiger partial charge in [-0.15, -0.1) is 0 Å². The predicted molar refractivity (Wildman–Crippen MR) is 63.7 cm³/mol. The molecule has 2 aromatic heterocycles. The Morgan fingerprint density at radius 3 is 2.94 bits per heavy atom. The highest BCUT2D eigenvalue weighted by molar-refractivity contribution is 5.30. The molecule has 0 amide bonds. The monoisotopic (exact) mass is 235 g/mol. The summed E-state index contributed by atoms with van der Waals surface area (Å²) in [4.78, 5) is 0. The Bertz CT molecular complexity index is 474. The average Bonchev–Trinajstić information content (AvgIpc) is 2.88. The van der Waals surface area contributed by atoms with E-state index < -0.39 is 0 Å². The summed E-state index contributed by atoms with van der Waals surface area (Å²) in [5, 5.41) is 7.63. The van der Waals surface area contributed by atoms with Crippen LogP contribution in [0.15, 0.2) is 22.8 Å². The van der Waals surface area contributed by atoms with Crippen LogP contribution in [0.25, 0.3) is 0 Å². The van der Waals surface area contributed by atoms with Gasteiger partial charge in [0.05, 0.1) is 31.2 Å². The van der Waals surface area contributed by atoms with Crippen LogP contribution in [-0.2, 0) is 20.1 Å². The second-order valence-electron chi connectivity index (χ2n) is 3.88. The molecular formula is C12H17N3O2. The quantitative estimate of drug-likeness (QED) is 0.855. The van der Waals surface area contributed by atoms with Crippen LogP contribution in [0.1, 0.15) is 17.0 Å². The third-order valence-corrected chi connectivity index (χ3v) is 2.66. The van der Waals surface area contributed by atoms with E-state index in [2.05, 4.69) is 10.4 Å². The van der Waals surface area contributed by atoms with Crippen LogP contribution >= 0.6 is 0 Å². The largest absolute Gasteiger partial charge is 0.481 e. The molecule has 17 heavy (non-hydrogen) atoms. The van der Waals surface area contributed by atoms with Gasteiger partial charge in [-0.05, 0) is 19.1 Å². The van der Waals surface area contributed by atoms with Gasteiger partial charge in [0.2, 0.25) is 5.88 Å². The van der Waals surface area contributed by atoms with Crippen molar-refractivity contribution in [2.24, 2.45) is 7.05 Å². The van der Waals surface area contributed by atoms with Gasteiger partial charge in [-0.1, -0.05) is 0 Å². The Kier molecular flexibility index (Phi) is 3.49. The molecule has 5 nitrogen and oxygen atoms in total. The first kappa shape index (κ1) is 11.7. The van der Waals surface area contributed by atoms with Crippen LogP contribution in [-0.4, -0.2) is 16.9 Å². The lowest BCUT2D eigenvalue weighted by molar-refractivity contribution is 0.367. The molecule has 5 heteroatoms. The maximum Gasteiger partial charge on any atom is 0.216 e. The van der Waals surface area contributed by atoms with Crippen molar-refractivity contribution in [2.75, 3.05) is 7.11 Å². The van der Waals surface area contributed by atoms with Crippen LogP contribution in [0.4, 0.5) is 0 Å². The number of ether oxygens (including phenoxy) is 1. The average molecular weight is 235 g/mol. The van der Waals surface area contributed by atoms with E-state index in [4.69, 9.17) is 9.15 Å². The fourth-order valence-electron chi connectivity index (χ4n) is 1.86. The Morgan fingerprint density at radius 2 is 2.29 bits per heavy atom. The molecule has 1 N–H and O–H groups in total. The number of nitrogens with one attached hydrogen (secondary N) is 1. The smallest absolute Gasteiger partial charge is 0.216 e. The molecule has 92 valence electrons. The maximum atomic E-state index is 5.32. The summed E-state index contributed by atoms with van der Waals surface area (Å²) in [5.74, 6) is 1.72. The van der Waals surface area contributed by atoms with Crippen molar-refractivity contribution in [1.82, 2.24) is 15.1 Å². The van der Waals surface area contributed by atoms with Gasteiger partial charge < -0.3 is 14.5 Å². The minimum atomic E-state index is 0.699. The highest BCUT2D eigenvalue weighted by Gasteiger charge is 2.13. The lowest BCUT2D eigenvalue weighted by Gasteiger charge is -2.05. The highest BCUT2D eigenvalue weighted by atomic mass is 16.5. The van der Waals surface area contributed by atoms with Crippen LogP contribution in [0.5, 0.6) is 5.88 Å². The summed E-state index contributed by atoms with van der Waals surface area (Å²) in [6, 6.07) is 3.83. The maximum absolute atomic E-state index is 5.32. The molecule has 0 spiro atoms. The van der Waals surface area contributed by atoms with Crippen molar-refractivity contribution in [1.29, 1.82) is 0 Å². The number of hydrogen-bond donors (Lipinski definition) is 1. The molecule has 2 aromatic rings. The fraction of sp³-hybridized carbons (Fsp3) is 0.417. The molecule has 2 heterocycles. The lowest BCUT2D eigenvalue weighted by Crippen LogP contribution is -2.13. The van der Waals surface area contributed by atoms with Crippen molar-refractivity contribution in [3.8, 4) is 5.88 Å². The van der Waals surface area contributed by atoms with Gasteiger partial charge in [0.1, 0.15) is 5.76 Å². The van der Waals surface area contributed by atoms with Crippen molar-refractivity contribution in [3.05, 3.63) is 35.4 Å². The lowest BCUT2D eigenvalue weighted by atomic mass is 10.2. The molecule has 0 aliphatic rings. The van der Waals surface area contributed by atoms with E-state index in [1.54, 1.807) is 18.1 Å². The summed E-state index contributed by atoms with van der Waals surface area (Å²) in [5.41, 5.74) is 2.07. The summed E-state index contributed by atoms with van der Waals surface area (Å²) >= 11 is 0. The normalized spacial score (nSPS) is 10.8. The molecule has 2 rings (SSSR count). The third-order valence-electron chi connectivity index (χ3n) is 2.66. The van der Waals surface area contributed by atoms with E-state index in [0.717, 1.165) is 22.9 Å². The van der Waals surface area contributed by atoms with E-state index in [-0.39, 0.29) is 0 Å². The van der Waals surface area contributed by atoms with E-state index in [0.29, 0.717) is 13.1 Å². The number of rotatable bonds is 5. The minimum Gasteiger partial charge on any atom is -0.481 e. The molecular weight excluding hydrogens is 218 g/mol. The zero-order valence-corrected chi connectivity index (χ0v) is 10.4. The Hall–Kier alpha value is -1.75. The van der Waals surface area contributed by atoms with Crippen LogP contribution < -0.4 is 10.1 Å². The first-order valence-corrected chi connectivity index (χ1v) is 5.52. The molecule has 0 saturated carbocycles. The summed E-state index contributed by atoms with van der Waals surface area (Å²) in [6.07, 6.45) is 1.67. The molecule has 0 aromatic carbocycles. The Balaban J connectivity index is 1.99. The summed E-state index contributed by atoms with van der Waals surface area (Å²) in [6.45, 7) is 3.39. The first-order chi connectivity index (χ1) is 8.22. The summed E-state index contributed by atoms with van der Waals surface area (Å²) < 4.78 is 12.3. The predicted octanol–water partition coefficient (Wildman–Crippen LogP) is 1.62. The van der Waals surface area contributed by atoms with Crippen molar-refractivity contribution in [2.45, 2.75) is 20.0 Å². The first-order valence-electron chi connectivity index (χ1n) is 5.52. The van der Waals surface area contributed by atoms with Gasteiger partial charge in [0.15, 0.2) is 0 Å². The van der Waals surface area contributed by atoms with Gasteiger partial charge in [-0.3, -0.25) is 0 Å². The Labute approximate surface area is 100 Å². The fourth-order valence-corrected chi connectivity index (χ4v) is 1.86. The number of methoxy groups -OCH3 is 1. The van der Waals surface area contributed by atoms with E-state index in [1.165, 1.54) is 0 Å². The zero-order valence-electron chi connectivity index (χ0n) is 10.4. The summed E-state index contributed by atoms with van der Waals surface area (Å²) in [7, 11) is 3.54. The Morgan fingerprint density at radius 1 is 1.47 bits per heavy atom. The number of nitrogens with zero attached hydrogens (tertiary/aromatic N) is 2. The zero-order chi connectivity index (χ0) is 12.3. The van der Waals surface area contributed by atoms with Crippen LogP contribution in [0.2, 0.25) is 0 Å². The molecule has 0 bridgehead atoms. The highest BCUT2D eigenvalue weighted by Crippen LogP contribution is 2.20. The second-order valence-corrected chi connectivity index (χ2v) is 3.88. The van der Waals surface area contributed by atoms with E-state index >= 15 is 0 Å². The molecule has 0 radical (unpaired) electrons. The van der Waals surface area contributed by atoms with Crippen LogP contribution in [0, 0.1) is 6.92 Å². The number of hydrogen-bond acceptors (Lipinski definition) is 4. The molecule has 0 aliphatic heterocycles. The van der Waals surface area contributed by atoms with Gasteiger partial charge in [0.25, 0.3) is 0 Å². The molecule has 0 saturated heterocycles. The van der Waals surface area contributed by atoms with Crippen molar-refractivity contribution < 1.29 is 9.15 Å². The van der Waals surface area contributed by atoms with E-state index in [9.17, 15) is 0 Å². The van der Waals surface area contributed by atoms with Crippen LogP contribution in [0.3, 0.4) is 0 Å². The SMILES string of the molecule is COc1c(CNCc2ccco2)c(C)nn1C. The molecule has 0 fully saturated rings.